The van der Waals surface area contributed by atoms with Crippen LogP contribution in [0.25, 0.3) is 0 Å². The zero-order chi connectivity index (χ0) is 12.6. The van der Waals surface area contributed by atoms with E-state index in [9.17, 15) is 9.50 Å². The third kappa shape index (κ3) is 2.26. The van der Waals surface area contributed by atoms with E-state index in [-0.39, 0.29) is 5.82 Å². The van der Waals surface area contributed by atoms with Gasteiger partial charge in [-0.15, -0.1) is 11.3 Å². The van der Waals surface area contributed by atoms with Crippen molar-refractivity contribution < 1.29 is 9.50 Å². The summed E-state index contributed by atoms with van der Waals surface area (Å²) in [7, 11) is 0. The van der Waals surface area contributed by atoms with E-state index in [1.807, 2.05) is 26.0 Å². The molecular formula is C14H15FOS. The van der Waals surface area contributed by atoms with Gasteiger partial charge in [0.05, 0.1) is 0 Å². The Bertz CT molecular complexity index is 543. The summed E-state index contributed by atoms with van der Waals surface area (Å²) in [5.74, 6) is -0.369. The lowest BCUT2D eigenvalue weighted by molar-refractivity contribution is 0.102. The van der Waals surface area contributed by atoms with E-state index in [1.54, 1.807) is 19.1 Å². The predicted octanol–water partition coefficient (Wildman–Crippen LogP) is 3.76. The van der Waals surface area contributed by atoms with Crippen molar-refractivity contribution >= 4 is 11.3 Å². The SMILES string of the molecule is Cc1ccc(F)c(C(C)(O)c2ccc(C)s2)c1. The number of halogens is 1. The van der Waals surface area contributed by atoms with Crippen molar-refractivity contribution in [2.75, 3.05) is 0 Å². The molecule has 0 fully saturated rings. The Morgan fingerprint density at radius 3 is 2.47 bits per heavy atom. The molecule has 0 spiro atoms. The summed E-state index contributed by atoms with van der Waals surface area (Å²) in [6.07, 6.45) is 0. The molecule has 0 aliphatic carbocycles. The second-order valence-corrected chi connectivity index (χ2v) is 5.75. The normalized spacial score (nSPS) is 14.6. The Labute approximate surface area is 105 Å². The molecule has 1 atom stereocenters. The molecule has 1 aromatic heterocycles. The average Bonchev–Trinajstić information content (AvgIpc) is 2.69. The number of aliphatic hydroxyl groups is 1. The lowest BCUT2D eigenvalue weighted by Crippen LogP contribution is -2.23. The Kier molecular flexibility index (Phi) is 3.06. The highest BCUT2D eigenvalue weighted by molar-refractivity contribution is 7.12. The van der Waals surface area contributed by atoms with Crippen molar-refractivity contribution in [3.8, 4) is 0 Å². The van der Waals surface area contributed by atoms with E-state index in [2.05, 4.69) is 0 Å². The van der Waals surface area contributed by atoms with E-state index >= 15 is 0 Å². The first kappa shape index (κ1) is 12.3. The number of rotatable bonds is 2. The minimum atomic E-state index is -1.27. The summed E-state index contributed by atoms with van der Waals surface area (Å²) in [6.45, 7) is 5.49. The van der Waals surface area contributed by atoms with Crippen molar-refractivity contribution in [1.82, 2.24) is 0 Å². The lowest BCUT2D eigenvalue weighted by Gasteiger charge is -2.23. The first-order chi connectivity index (χ1) is 7.91. The van der Waals surface area contributed by atoms with Gasteiger partial charge < -0.3 is 5.11 Å². The van der Waals surface area contributed by atoms with Gasteiger partial charge in [0, 0.05) is 15.3 Å². The van der Waals surface area contributed by atoms with Gasteiger partial charge in [-0.25, -0.2) is 4.39 Å². The largest absolute Gasteiger partial charge is 0.380 e. The second-order valence-electron chi connectivity index (χ2n) is 4.47. The fourth-order valence-corrected chi connectivity index (χ4v) is 2.77. The number of hydrogen-bond donors (Lipinski definition) is 1. The van der Waals surface area contributed by atoms with Crippen LogP contribution in [0.1, 0.15) is 27.8 Å². The first-order valence-corrected chi connectivity index (χ1v) is 6.29. The van der Waals surface area contributed by atoms with Crippen LogP contribution < -0.4 is 0 Å². The summed E-state index contributed by atoms with van der Waals surface area (Å²) in [5.41, 5.74) is 0.00368. The highest BCUT2D eigenvalue weighted by Gasteiger charge is 2.30. The molecule has 0 bridgehead atoms. The molecule has 2 rings (SSSR count). The van der Waals surface area contributed by atoms with Gasteiger partial charge in [-0.3, -0.25) is 0 Å². The number of thiophene rings is 1. The van der Waals surface area contributed by atoms with Crippen LogP contribution in [0.3, 0.4) is 0 Å². The van der Waals surface area contributed by atoms with Crippen molar-refractivity contribution in [3.63, 3.8) is 0 Å². The molecular weight excluding hydrogens is 235 g/mol. The zero-order valence-electron chi connectivity index (χ0n) is 10.1. The van der Waals surface area contributed by atoms with Gasteiger partial charge >= 0.3 is 0 Å². The molecule has 90 valence electrons. The predicted molar refractivity (Wildman–Crippen MR) is 68.9 cm³/mol. The fraction of sp³-hybridized carbons (Fsp3) is 0.286. The van der Waals surface area contributed by atoms with Crippen LogP contribution in [0.5, 0.6) is 0 Å². The van der Waals surface area contributed by atoms with Crippen molar-refractivity contribution in [3.05, 3.63) is 57.0 Å². The first-order valence-electron chi connectivity index (χ1n) is 5.47. The van der Waals surface area contributed by atoms with Gasteiger partial charge in [-0.05, 0) is 45.0 Å². The standard InChI is InChI=1S/C14H15FOS/c1-9-4-6-12(15)11(8-9)14(3,16)13-7-5-10(2)17-13/h4-8,16H,1-3H3. The minimum Gasteiger partial charge on any atom is -0.380 e. The molecule has 0 radical (unpaired) electrons. The number of hydrogen-bond acceptors (Lipinski definition) is 2. The summed E-state index contributed by atoms with van der Waals surface area (Å²) in [4.78, 5) is 1.87. The van der Waals surface area contributed by atoms with Gasteiger partial charge in [0.2, 0.25) is 0 Å². The molecule has 0 aliphatic rings. The van der Waals surface area contributed by atoms with Crippen LogP contribution in [-0.4, -0.2) is 5.11 Å². The smallest absolute Gasteiger partial charge is 0.129 e. The summed E-state index contributed by atoms with van der Waals surface area (Å²) in [6, 6.07) is 8.59. The Hall–Kier alpha value is -1.19. The molecule has 1 nitrogen and oxygen atoms in total. The molecule has 0 aliphatic heterocycles. The van der Waals surface area contributed by atoms with Crippen LogP contribution in [0.15, 0.2) is 30.3 Å². The molecule has 17 heavy (non-hydrogen) atoms. The van der Waals surface area contributed by atoms with Gasteiger partial charge in [-0.2, -0.15) is 0 Å². The minimum absolute atomic E-state index is 0.333. The van der Waals surface area contributed by atoms with E-state index in [4.69, 9.17) is 0 Å². The van der Waals surface area contributed by atoms with Crippen LogP contribution >= 0.6 is 11.3 Å². The zero-order valence-corrected chi connectivity index (χ0v) is 10.9. The quantitative estimate of drug-likeness (QED) is 0.860. The van der Waals surface area contributed by atoms with Crippen LogP contribution in [0.4, 0.5) is 4.39 Å². The maximum absolute atomic E-state index is 13.8. The monoisotopic (exact) mass is 250 g/mol. The van der Waals surface area contributed by atoms with E-state index in [0.29, 0.717) is 5.56 Å². The summed E-state index contributed by atoms with van der Waals surface area (Å²) < 4.78 is 13.8. The van der Waals surface area contributed by atoms with Gasteiger partial charge in [-0.1, -0.05) is 11.6 Å². The maximum Gasteiger partial charge on any atom is 0.129 e. The molecule has 0 amide bonds. The average molecular weight is 250 g/mol. The molecule has 1 unspecified atom stereocenters. The van der Waals surface area contributed by atoms with E-state index < -0.39 is 5.60 Å². The van der Waals surface area contributed by atoms with E-state index in [1.165, 1.54) is 17.4 Å². The molecule has 3 heteroatoms. The molecule has 0 saturated heterocycles. The van der Waals surface area contributed by atoms with Gasteiger partial charge in [0.25, 0.3) is 0 Å². The van der Waals surface area contributed by atoms with Crippen molar-refractivity contribution in [2.24, 2.45) is 0 Å². The number of aryl methyl sites for hydroxylation is 2. The Morgan fingerprint density at radius 2 is 1.88 bits per heavy atom. The number of benzene rings is 1. The molecule has 1 heterocycles. The third-order valence-corrected chi connectivity index (χ3v) is 4.08. The van der Waals surface area contributed by atoms with E-state index in [0.717, 1.165) is 15.3 Å². The third-order valence-electron chi connectivity index (χ3n) is 2.87. The van der Waals surface area contributed by atoms with Gasteiger partial charge in [0.1, 0.15) is 11.4 Å². The summed E-state index contributed by atoms with van der Waals surface area (Å²) >= 11 is 1.49. The Morgan fingerprint density at radius 1 is 1.18 bits per heavy atom. The van der Waals surface area contributed by atoms with Crippen molar-refractivity contribution in [1.29, 1.82) is 0 Å². The lowest BCUT2D eigenvalue weighted by atomic mass is 9.92. The molecule has 0 saturated carbocycles. The summed E-state index contributed by atoms with van der Waals surface area (Å²) in [5, 5.41) is 10.5. The highest BCUT2D eigenvalue weighted by atomic mass is 32.1. The van der Waals surface area contributed by atoms with Crippen molar-refractivity contribution in [2.45, 2.75) is 26.4 Å². The maximum atomic E-state index is 13.8. The topological polar surface area (TPSA) is 20.2 Å². The highest BCUT2D eigenvalue weighted by Crippen LogP contribution is 2.35. The molecule has 2 aromatic rings. The second kappa shape index (κ2) is 4.24. The van der Waals surface area contributed by atoms with Crippen LogP contribution in [0, 0.1) is 19.7 Å². The Balaban J connectivity index is 2.54. The molecule has 1 N–H and O–H groups in total. The van der Waals surface area contributed by atoms with Crippen LogP contribution in [0.2, 0.25) is 0 Å². The van der Waals surface area contributed by atoms with Crippen LogP contribution in [-0.2, 0) is 5.60 Å². The molecule has 1 aromatic carbocycles. The fourth-order valence-electron chi connectivity index (χ4n) is 1.84. The van der Waals surface area contributed by atoms with Gasteiger partial charge in [0.15, 0.2) is 0 Å².